The molecule has 1 aromatic carbocycles. The Morgan fingerprint density at radius 3 is 2.25 bits per heavy atom. The van der Waals surface area contributed by atoms with Crippen molar-refractivity contribution in [1.29, 1.82) is 0 Å². The fourth-order valence-corrected chi connectivity index (χ4v) is 4.43. The number of rotatable bonds is 11. The molecule has 2 rings (SSSR count). The van der Waals surface area contributed by atoms with E-state index < -0.39 is 29.8 Å². The van der Waals surface area contributed by atoms with Gasteiger partial charge in [0.25, 0.3) is 0 Å². The van der Waals surface area contributed by atoms with Gasteiger partial charge in [0.1, 0.15) is 5.60 Å². The zero-order valence-corrected chi connectivity index (χ0v) is 23.2. The molecule has 8 heteroatoms. The smallest absolute Gasteiger partial charge is 0.407 e. The Hall–Kier alpha value is -2.16. The van der Waals surface area contributed by atoms with Crippen LogP contribution in [0, 0.1) is 11.8 Å². The lowest BCUT2D eigenvalue weighted by Gasteiger charge is -2.41. The number of carbonyl (C=O) groups excluding carboxylic acids is 2. The van der Waals surface area contributed by atoms with Gasteiger partial charge in [-0.3, -0.25) is 9.69 Å². The third-order valence-electron chi connectivity index (χ3n) is 6.66. The van der Waals surface area contributed by atoms with Crippen molar-refractivity contribution in [2.24, 2.45) is 11.8 Å². The number of nitrogens with one attached hydrogen (secondary N) is 2. The predicted molar refractivity (Wildman–Crippen MR) is 142 cm³/mol. The molecule has 0 saturated carbocycles. The maximum atomic E-state index is 13.3. The summed E-state index contributed by atoms with van der Waals surface area (Å²) in [6, 6.07) is 9.09. The first-order chi connectivity index (χ1) is 16.8. The number of hydrogen-bond acceptors (Lipinski definition) is 6. The number of ether oxygens (including phenoxy) is 2. The Kier molecular flexibility index (Phi) is 11.2. The molecule has 3 N–H and O–H groups in total. The first-order valence-electron chi connectivity index (χ1n) is 13.1. The predicted octanol–water partition coefficient (Wildman–Crippen LogP) is 3.37. The molecule has 1 aromatic rings. The largest absolute Gasteiger partial charge is 0.444 e. The van der Waals surface area contributed by atoms with E-state index in [0.717, 1.165) is 18.7 Å². The van der Waals surface area contributed by atoms with Gasteiger partial charge in [0.15, 0.2) is 0 Å². The molecule has 8 nitrogen and oxygen atoms in total. The highest BCUT2D eigenvalue weighted by Crippen LogP contribution is 2.22. The van der Waals surface area contributed by atoms with E-state index in [4.69, 9.17) is 9.47 Å². The Morgan fingerprint density at radius 2 is 1.69 bits per heavy atom. The molecule has 1 fully saturated rings. The number of hydrogen-bond donors (Lipinski definition) is 3. The van der Waals surface area contributed by atoms with Crippen molar-refractivity contribution >= 4 is 12.0 Å². The number of morpholine rings is 1. The Labute approximate surface area is 217 Å². The van der Waals surface area contributed by atoms with Gasteiger partial charge in [-0.1, -0.05) is 44.2 Å². The van der Waals surface area contributed by atoms with Crippen LogP contribution in [0.5, 0.6) is 0 Å². The summed E-state index contributed by atoms with van der Waals surface area (Å²) >= 11 is 0. The van der Waals surface area contributed by atoms with Gasteiger partial charge < -0.3 is 25.2 Å². The molecule has 204 valence electrons. The third kappa shape index (κ3) is 10.1. The van der Waals surface area contributed by atoms with Gasteiger partial charge >= 0.3 is 6.09 Å². The molecular weight excluding hydrogens is 458 g/mol. The quantitative estimate of drug-likeness (QED) is 0.426. The molecule has 0 spiro atoms. The topological polar surface area (TPSA) is 100 Å². The average molecular weight is 506 g/mol. The van der Waals surface area contributed by atoms with Crippen molar-refractivity contribution in [2.75, 3.05) is 32.8 Å². The maximum Gasteiger partial charge on any atom is 0.407 e. The van der Waals surface area contributed by atoms with E-state index in [0.29, 0.717) is 26.2 Å². The first kappa shape index (κ1) is 30.1. The second-order valence-corrected chi connectivity index (χ2v) is 11.7. The number of alkyl carbamates (subject to hydrolysis) is 1. The van der Waals surface area contributed by atoms with Gasteiger partial charge in [0, 0.05) is 31.1 Å². The first-order valence-corrected chi connectivity index (χ1v) is 13.1. The number of nitrogens with zero attached hydrogens (tertiary/aromatic N) is 1. The van der Waals surface area contributed by atoms with E-state index in [1.54, 1.807) is 20.8 Å². The molecule has 0 unspecified atom stereocenters. The van der Waals surface area contributed by atoms with Crippen LogP contribution in [0.25, 0.3) is 0 Å². The lowest BCUT2D eigenvalue weighted by atomic mass is 9.85. The molecular formula is C28H47N3O5. The van der Waals surface area contributed by atoms with Gasteiger partial charge in [-0.15, -0.1) is 0 Å². The monoisotopic (exact) mass is 505 g/mol. The fourth-order valence-electron chi connectivity index (χ4n) is 4.43. The molecule has 1 saturated heterocycles. The van der Waals surface area contributed by atoms with Crippen molar-refractivity contribution in [1.82, 2.24) is 15.5 Å². The van der Waals surface area contributed by atoms with E-state index >= 15 is 0 Å². The highest BCUT2D eigenvalue weighted by Gasteiger charge is 2.33. The van der Waals surface area contributed by atoms with Crippen molar-refractivity contribution in [3.8, 4) is 0 Å². The van der Waals surface area contributed by atoms with Crippen LogP contribution in [0.15, 0.2) is 30.3 Å². The molecule has 1 aliphatic heterocycles. The Morgan fingerprint density at radius 1 is 1.08 bits per heavy atom. The van der Waals surface area contributed by atoms with Gasteiger partial charge in [-0.25, -0.2) is 4.79 Å². The van der Waals surface area contributed by atoms with Crippen LogP contribution >= 0.6 is 0 Å². The summed E-state index contributed by atoms with van der Waals surface area (Å²) in [5.74, 6) is -0.467. The zero-order valence-electron chi connectivity index (χ0n) is 23.2. The van der Waals surface area contributed by atoms with E-state index in [9.17, 15) is 14.7 Å². The second kappa shape index (κ2) is 13.4. The molecule has 36 heavy (non-hydrogen) atoms. The normalized spacial score (nSPS) is 17.8. The number of aliphatic hydroxyl groups is 1. The zero-order chi connectivity index (χ0) is 26.9. The number of carbonyl (C=O) groups is 2. The average Bonchev–Trinajstić information content (AvgIpc) is 2.80. The van der Waals surface area contributed by atoms with Gasteiger partial charge in [-0.2, -0.15) is 0 Å². The van der Waals surface area contributed by atoms with E-state index in [1.165, 1.54) is 0 Å². The summed E-state index contributed by atoms with van der Waals surface area (Å²) in [6.07, 6.45) is -0.851. The minimum absolute atomic E-state index is 0.0186. The summed E-state index contributed by atoms with van der Waals surface area (Å²) in [4.78, 5) is 28.1. The number of benzene rings is 1. The van der Waals surface area contributed by atoms with Gasteiger partial charge in [-0.05, 0) is 58.9 Å². The molecule has 0 radical (unpaired) electrons. The molecule has 3 atom stereocenters. The lowest BCUT2D eigenvalue weighted by molar-refractivity contribution is -0.128. The highest BCUT2D eigenvalue weighted by atomic mass is 16.6. The highest BCUT2D eigenvalue weighted by molar-refractivity contribution is 5.79. The summed E-state index contributed by atoms with van der Waals surface area (Å²) in [5.41, 5.74) is 0.128. The summed E-state index contributed by atoms with van der Waals surface area (Å²) in [5, 5.41) is 17.2. The van der Waals surface area contributed by atoms with Crippen molar-refractivity contribution < 1.29 is 24.2 Å². The van der Waals surface area contributed by atoms with Gasteiger partial charge in [0.2, 0.25) is 5.91 Å². The molecule has 0 aliphatic carbocycles. The van der Waals surface area contributed by atoms with Crippen LogP contribution in [-0.4, -0.2) is 78.1 Å². The number of amides is 2. The van der Waals surface area contributed by atoms with Crippen LogP contribution in [0.3, 0.4) is 0 Å². The molecule has 2 amide bonds. The molecule has 0 bridgehead atoms. The third-order valence-corrected chi connectivity index (χ3v) is 6.66. The Balaban J connectivity index is 2.07. The molecule has 1 aliphatic rings. The van der Waals surface area contributed by atoms with E-state index in [-0.39, 0.29) is 23.8 Å². The Bertz CT molecular complexity index is 816. The molecule has 0 aromatic heterocycles. The van der Waals surface area contributed by atoms with Crippen LogP contribution in [0.1, 0.15) is 60.5 Å². The minimum atomic E-state index is -0.928. The second-order valence-electron chi connectivity index (χ2n) is 11.7. The van der Waals surface area contributed by atoms with Crippen LogP contribution in [-0.2, 0) is 20.7 Å². The van der Waals surface area contributed by atoms with E-state index in [1.807, 2.05) is 44.2 Å². The number of aliphatic hydroxyl groups excluding tert-OH is 1. The van der Waals surface area contributed by atoms with Crippen LogP contribution in [0.4, 0.5) is 4.79 Å². The van der Waals surface area contributed by atoms with Crippen molar-refractivity contribution in [3.05, 3.63) is 35.9 Å². The van der Waals surface area contributed by atoms with E-state index in [2.05, 4.69) is 29.4 Å². The lowest BCUT2D eigenvalue weighted by Crippen LogP contribution is -2.56. The minimum Gasteiger partial charge on any atom is -0.444 e. The SMILES string of the molecule is CC(C)[C@H](C[C@H](O)[C@H](Cc1ccccc1)NC(=O)OC(C)(C)C)C(=O)NCC(C)(C)N1CCOCC1. The summed E-state index contributed by atoms with van der Waals surface area (Å²) < 4.78 is 10.9. The van der Waals surface area contributed by atoms with Crippen LogP contribution in [0.2, 0.25) is 0 Å². The van der Waals surface area contributed by atoms with Gasteiger partial charge in [0.05, 0.1) is 25.4 Å². The molecule has 1 heterocycles. The van der Waals surface area contributed by atoms with Crippen LogP contribution < -0.4 is 10.6 Å². The van der Waals surface area contributed by atoms with Crippen molar-refractivity contribution in [3.63, 3.8) is 0 Å². The standard InChI is InChI=1S/C28H47N3O5/c1-20(2)22(25(33)29-19-28(6,7)31-13-15-35-16-14-31)18-24(32)23(17-21-11-9-8-10-12-21)30-26(34)36-27(3,4)5/h8-12,20,22-24,32H,13-19H2,1-7H3,(H,29,33)(H,30,34)/t22-,23-,24-/m0/s1. The maximum absolute atomic E-state index is 13.3. The summed E-state index contributed by atoms with van der Waals surface area (Å²) in [7, 11) is 0. The summed E-state index contributed by atoms with van der Waals surface area (Å²) in [6.45, 7) is 17.2. The fraction of sp³-hybridized carbons (Fsp3) is 0.714. The van der Waals surface area contributed by atoms with Crippen molar-refractivity contribution in [2.45, 2.75) is 84.6 Å².